The summed E-state index contributed by atoms with van der Waals surface area (Å²) in [5.41, 5.74) is 2.71. The number of nitrogens with one attached hydrogen (secondary N) is 1. The monoisotopic (exact) mass is 364 g/mol. The molecule has 0 radical (unpaired) electrons. The third kappa shape index (κ3) is 3.89. The number of fused-ring (bicyclic) bond motifs is 1. The van der Waals surface area contributed by atoms with Crippen LogP contribution in [0.2, 0.25) is 0 Å². The lowest BCUT2D eigenvalue weighted by Gasteiger charge is -2.33. The number of aromatic nitrogens is 2. The summed E-state index contributed by atoms with van der Waals surface area (Å²) in [4.78, 5) is 23.0. The van der Waals surface area contributed by atoms with Crippen LogP contribution in [0.1, 0.15) is 18.4 Å². The average Bonchev–Trinajstić information content (AvgIpc) is 2.72. The molecule has 0 saturated carbocycles. The predicted octanol–water partition coefficient (Wildman–Crippen LogP) is 3.30. The number of hydrogen-bond donors (Lipinski definition) is 1. The van der Waals surface area contributed by atoms with Gasteiger partial charge in [-0.1, -0.05) is 6.07 Å². The lowest BCUT2D eigenvalue weighted by molar-refractivity contribution is -0.125. The maximum absolute atomic E-state index is 13.4. The van der Waals surface area contributed by atoms with Crippen molar-refractivity contribution in [1.82, 2.24) is 15.3 Å². The van der Waals surface area contributed by atoms with Crippen molar-refractivity contribution in [3.05, 3.63) is 66.4 Å². The van der Waals surface area contributed by atoms with E-state index in [0.29, 0.717) is 12.1 Å². The van der Waals surface area contributed by atoms with Crippen LogP contribution >= 0.6 is 0 Å². The molecule has 1 N–H and O–H groups in total. The summed E-state index contributed by atoms with van der Waals surface area (Å²) in [6.45, 7) is 2.09. The molecule has 0 unspecified atom stereocenters. The van der Waals surface area contributed by atoms with Crippen LogP contribution in [0.15, 0.2) is 55.0 Å². The Kier molecular flexibility index (Phi) is 4.96. The Morgan fingerprint density at radius 2 is 2.04 bits per heavy atom. The normalized spacial score (nSPS) is 15.1. The van der Waals surface area contributed by atoms with Gasteiger partial charge in [-0.2, -0.15) is 0 Å². The fraction of sp³-hybridized carbons (Fsp3) is 0.286. The van der Waals surface area contributed by atoms with Crippen molar-refractivity contribution >= 4 is 22.5 Å². The molecule has 1 aliphatic heterocycles. The number of halogens is 1. The maximum atomic E-state index is 13.4. The molecule has 1 fully saturated rings. The van der Waals surface area contributed by atoms with Crippen LogP contribution in [-0.4, -0.2) is 29.0 Å². The Hall–Kier alpha value is -3.02. The second-order valence-electron chi connectivity index (χ2n) is 6.83. The highest BCUT2D eigenvalue weighted by molar-refractivity contribution is 5.91. The number of anilines is 1. The van der Waals surface area contributed by atoms with Gasteiger partial charge in [0.1, 0.15) is 5.82 Å². The Morgan fingerprint density at radius 3 is 2.81 bits per heavy atom. The second-order valence-corrected chi connectivity index (χ2v) is 6.83. The molecule has 0 atom stereocenters. The Labute approximate surface area is 157 Å². The Bertz CT molecular complexity index is 939. The van der Waals surface area contributed by atoms with Crippen molar-refractivity contribution in [2.75, 3.05) is 18.0 Å². The molecule has 138 valence electrons. The first-order valence-electron chi connectivity index (χ1n) is 9.16. The summed E-state index contributed by atoms with van der Waals surface area (Å²) in [6, 6.07) is 10.5. The zero-order valence-electron chi connectivity index (χ0n) is 14.9. The zero-order chi connectivity index (χ0) is 18.6. The minimum atomic E-state index is -0.281. The van der Waals surface area contributed by atoms with Gasteiger partial charge in [0.05, 0.1) is 5.52 Å². The number of pyridine rings is 2. The van der Waals surface area contributed by atoms with Crippen molar-refractivity contribution in [1.29, 1.82) is 0 Å². The van der Waals surface area contributed by atoms with E-state index in [4.69, 9.17) is 0 Å². The molecule has 2 aromatic heterocycles. The molecule has 4 rings (SSSR count). The van der Waals surface area contributed by atoms with E-state index in [2.05, 4.69) is 20.2 Å². The highest BCUT2D eigenvalue weighted by atomic mass is 19.1. The number of hydrogen-bond acceptors (Lipinski definition) is 4. The predicted molar refractivity (Wildman–Crippen MR) is 103 cm³/mol. The molecule has 3 aromatic rings. The third-order valence-electron chi connectivity index (χ3n) is 5.08. The molecule has 1 amide bonds. The molecule has 1 aromatic carbocycles. The number of nitrogens with zero attached hydrogens (tertiary/aromatic N) is 3. The molecule has 5 nitrogen and oxygen atoms in total. The van der Waals surface area contributed by atoms with Crippen LogP contribution in [0.5, 0.6) is 0 Å². The molecule has 1 saturated heterocycles. The maximum Gasteiger partial charge on any atom is 0.223 e. The van der Waals surface area contributed by atoms with Crippen molar-refractivity contribution in [2.24, 2.45) is 5.92 Å². The van der Waals surface area contributed by atoms with Gasteiger partial charge in [0.25, 0.3) is 0 Å². The first-order chi connectivity index (χ1) is 13.2. The van der Waals surface area contributed by atoms with Gasteiger partial charge >= 0.3 is 0 Å². The largest absolute Gasteiger partial charge is 0.371 e. The highest BCUT2D eigenvalue weighted by Gasteiger charge is 2.25. The summed E-state index contributed by atoms with van der Waals surface area (Å²) in [5.74, 6) is -0.167. The molecule has 0 aliphatic carbocycles. The molecular formula is C21H21FN4O. The minimum absolute atomic E-state index is 0.0171. The van der Waals surface area contributed by atoms with Crippen molar-refractivity contribution in [2.45, 2.75) is 19.4 Å². The van der Waals surface area contributed by atoms with Gasteiger partial charge in [0.15, 0.2) is 0 Å². The minimum Gasteiger partial charge on any atom is -0.371 e. The van der Waals surface area contributed by atoms with Crippen LogP contribution in [0.25, 0.3) is 10.9 Å². The van der Waals surface area contributed by atoms with E-state index in [1.54, 1.807) is 24.7 Å². The van der Waals surface area contributed by atoms with Crippen LogP contribution in [-0.2, 0) is 11.3 Å². The molecule has 1 aliphatic rings. The summed E-state index contributed by atoms with van der Waals surface area (Å²) < 4.78 is 13.4. The summed E-state index contributed by atoms with van der Waals surface area (Å²) in [6.07, 6.45) is 6.79. The van der Waals surface area contributed by atoms with Crippen LogP contribution in [0.4, 0.5) is 10.1 Å². The molecule has 3 heterocycles. The third-order valence-corrected chi connectivity index (χ3v) is 5.08. The summed E-state index contributed by atoms with van der Waals surface area (Å²) in [5, 5.41) is 3.95. The molecule has 27 heavy (non-hydrogen) atoms. The van der Waals surface area contributed by atoms with Gasteiger partial charge in [0, 0.05) is 61.3 Å². The fourth-order valence-corrected chi connectivity index (χ4v) is 3.60. The van der Waals surface area contributed by atoms with Gasteiger partial charge < -0.3 is 10.2 Å². The first-order valence-corrected chi connectivity index (χ1v) is 9.16. The lowest BCUT2D eigenvalue weighted by Crippen LogP contribution is -2.40. The topological polar surface area (TPSA) is 58.1 Å². The Morgan fingerprint density at radius 1 is 1.19 bits per heavy atom. The van der Waals surface area contributed by atoms with E-state index in [1.165, 1.54) is 12.1 Å². The average molecular weight is 364 g/mol. The van der Waals surface area contributed by atoms with Gasteiger partial charge in [-0.25, -0.2) is 4.39 Å². The second kappa shape index (κ2) is 7.70. The summed E-state index contributed by atoms with van der Waals surface area (Å²) in [7, 11) is 0. The number of carbonyl (C=O) groups is 1. The standard InChI is InChI=1S/C21H21FN4O/c22-17-3-4-18-19(12-17)24-9-5-20(18)26-10-6-16(7-11-26)21(27)25-14-15-2-1-8-23-13-15/h1-5,8-9,12-13,16H,6-7,10-11,14H2,(H,25,27). The van der Waals surface area contributed by atoms with Crippen LogP contribution in [0, 0.1) is 11.7 Å². The van der Waals surface area contributed by atoms with E-state index in [-0.39, 0.29) is 17.6 Å². The van der Waals surface area contributed by atoms with E-state index < -0.39 is 0 Å². The lowest BCUT2D eigenvalue weighted by atomic mass is 9.95. The van der Waals surface area contributed by atoms with Crippen molar-refractivity contribution in [3.63, 3.8) is 0 Å². The molecule has 6 heteroatoms. The zero-order valence-corrected chi connectivity index (χ0v) is 14.9. The number of carbonyl (C=O) groups excluding carboxylic acids is 1. The quantitative estimate of drug-likeness (QED) is 0.772. The fourth-order valence-electron chi connectivity index (χ4n) is 3.60. The number of benzene rings is 1. The van der Waals surface area contributed by atoms with Crippen molar-refractivity contribution < 1.29 is 9.18 Å². The van der Waals surface area contributed by atoms with E-state index >= 15 is 0 Å². The number of amides is 1. The van der Waals surface area contributed by atoms with E-state index in [0.717, 1.165) is 42.6 Å². The van der Waals surface area contributed by atoms with Crippen LogP contribution in [0.3, 0.4) is 0 Å². The van der Waals surface area contributed by atoms with Gasteiger partial charge in [0.2, 0.25) is 5.91 Å². The van der Waals surface area contributed by atoms with Gasteiger partial charge in [-0.15, -0.1) is 0 Å². The van der Waals surface area contributed by atoms with Crippen molar-refractivity contribution in [3.8, 4) is 0 Å². The summed E-state index contributed by atoms with van der Waals surface area (Å²) >= 11 is 0. The van der Waals surface area contributed by atoms with E-state index in [1.807, 2.05) is 18.2 Å². The van der Waals surface area contributed by atoms with Gasteiger partial charge in [-0.3, -0.25) is 14.8 Å². The van der Waals surface area contributed by atoms with Crippen LogP contribution < -0.4 is 10.2 Å². The SMILES string of the molecule is O=C(NCc1cccnc1)C1CCN(c2ccnc3cc(F)ccc23)CC1. The Balaban J connectivity index is 1.38. The molecular weight excluding hydrogens is 343 g/mol. The smallest absolute Gasteiger partial charge is 0.223 e. The highest BCUT2D eigenvalue weighted by Crippen LogP contribution is 2.29. The molecule has 0 spiro atoms. The van der Waals surface area contributed by atoms with Gasteiger partial charge in [-0.05, 0) is 42.7 Å². The molecule has 0 bridgehead atoms. The first kappa shape index (κ1) is 17.4. The number of rotatable bonds is 4. The number of piperidine rings is 1. The van der Waals surface area contributed by atoms with E-state index in [9.17, 15) is 9.18 Å².